The summed E-state index contributed by atoms with van der Waals surface area (Å²) in [4.78, 5) is 14.3. The molecule has 1 heterocycles. The van der Waals surface area contributed by atoms with Gasteiger partial charge in [-0.05, 0) is 44.3 Å². The predicted molar refractivity (Wildman–Crippen MR) is 100 cm³/mol. The average molecular weight is 357 g/mol. The molecule has 0 radical (unpaired) electrons. The fourth-order valence-corrected chi connectivity index (χ4v) is 3.69. The molecule has 2 rings (SSSR count). The molecule has 1 aliphatic heterocycles. The highest BCUT2D eigenvalue weighted by atomic mass is 32.1. The van der Waals surface area contributed by atoms with Gasteiger partial charge in [0.15, 0.2) is 5.11 Å². The second-order valence-electron chi connectivity index (χ2n) is 6.79. The molecule has 0 atom stereocenters. The Kier molecular flexibility index (Phi) is 8.59. The third-order valence-corrected chi connectivity index (χ3v) is 5.26. The molecule has 6 nitrogen and oxygen atoms in total. The number of hydrogen-bond acceptors (Lipinski definition) is 3. The number of rotatable bonds is 6. The molecule has 7 heteroatoms. The number of hydrogen-bond donors (Lipinski definition) is 3. The lowest BCUT2D eigenvalue weighted by Gasteiger charge is -2.34. The number of methoxy groups -OCH3 is 1. The van der Waals surface area contributed by atoms with Gasteiger partial charge < -0.3 is 25.6 Å². The number of likely N-dealkylation sites (tertiary alicyclic amines) is 1. The number of nitrogens with zero attached hydrogens (tertiary/aromatic N) is 1. The minimum Gasteiger partial charge on any atom is -0.385 e. The number of carbonyl (C=O) groups excluding carboxylic acids is 1. The van der Waals surface area contributed by atoms with Gasteiger partial charge in [-0.25, -0.2) is 4.79 Å². The molecule has 2 amide bonds. The molecule has 0 aromatic rings. The second kappa shape index (κ2) is 10.7. The zero-order chi connectivity index (χ0) is 17.2. The third-order valence-electron chi connectivity index (χ3n) is 4.86. The van der Waals surface area contributed by atoms with Gasteiger partial charge in [-0.15, -0.1) is 0 Å². The van der Waals surface area contributed by atoms with Crippen molar-refractivity contribution in [3.05, 3.63) is 0 Å². The standard InChI is InChI=1S/C17H32N4O2S/c1-23-13-5-10-18-17(24)21-11-8-15(9-12-21)20-16(22)19-14-6-3-2-4-7-14/h14-15H,2-13H2,1H3,(H,18,24)(H2,19,20,22). The summed E-state index contributed by atoms with van der Waals surface area (Å²) in [6.45, 7) is 3.38. The van der Waals surface area contributed by atoms with Gasteiger partial charge in [-0.3, -0.25) is 0 Å². The lowest BCUT2D eigenvalue weighted by Crippen LogP contribution is -2.52. The van der Waals surface area contributed by atoms with E-state index in [0.717, 1.165) is 63.5 Å². The first-order valence-corrected chi connectivity index (χ1v) is 9.68. The first-order valence-electron chi connectivity index (χ1n) is 9.28. The Morgan fingerprint density at radius 2 is 1.71 bits per heavy atom. The summed E-state index contributed by atoms with van der Waals surface area (Å²) in [5.41, 5.74) is 0. The van der Waals surface area contributed by atoms with Gasteiger partial charge in [0.05, 0.1) is 0 Å². The normalized spacial score (nSPS) is 19.8. The van der Waals surface area contributed by atoms with Crippen LogP contribution in [0, 0.1) is 0 Å². The highest BCUT2D eigenvalue weighted by molar-refractivity contribution is 7.80. The maximum Gasteiger partial charge on any atom is 0.315 e. The number of amides is 2. The number of piperidine rings is 1. The van der Waals surface area contributed by atoms with Gasteiger partial charge in [-0.2, -0.15) is 0 Å². The molecule has 2 fully saturated rings. The van der Waals surface area contributed by atoms with Crippen LogP contribution in [0.1, 0.15) is 51.4 Å². The van der Waals surface area contributed by atoms with E-state index in [9.17, 15) is 4.79 Å². The monoisotopic (exact) mass is 356 g/mol. The number of ether oxygens (including phenoxy) is 1. The van der Waals surface area contributed by atoms with Crippen molar-refractivity contribution in [2.45, 2.75) is 63.5 Å². The molecular weight excluding hydrogens is 324 g/mol. The molecule has 3 N–H and O–H groups in total. The summed E-state index contributed by atoms with van der Waals surface area (Å²) < 4.78 is 5.03. The van der Waals surface area contributed by atoms with Crippen LogP contribution in [0.5, 0.6) is 0 Å². The van der Waals surface area contributed by atoms with Crippen molar-refractivity contribution in [1.29, 1.82) is 0 Å². The predicted octanol–water partition coefficient (Wildman–Crippen LogP) is 1.99. The van der Waals surface area contributed by atoms with Crippen LogP contribution in [0.4, 0.5) is 4.79 Å². The number of carbonyl (C=O) groups is 1. The first-order chi connectivity index (χ1) is 11.7. The Balaban J connectivity index is 1.59. The van der Waals surface area contributed by atoms with Crippen LogP contribution in [0.2, 0.25) is 0 Å². The maximum absolute atomic E-state index is 12.1. The van der Waals surface area contributed by atoms with Gasteiger partial charge in [0.25, 0.3) is 0 Å². The zero-order valence-corrected chi connectivity index (χ0v) is 15.6. The number of urea groups is 1. The molecule has 0 bridgehead atoms. The van der Waals surface area contributed by atoms with E-state index in [4.69, 9.17) is 17.0 Å². The van der Waals surface area contributed by atoms with Crippen LogP contribution < -0.4 is 16.0 Å². The van der Waals surface area contributed by atoms with Crippen molar-refractivity contribution < 1.29 is 9.53 Å². The van der Waals surface area contributed by atoms with E-state index in [-0.39, 0.29) is 12.1 Å². The van der Waals surface area contributed by atoms with E-state index in [1.807, 2.05) is 0 Å². The molecular formula is C17H32N4O2S. The number of thiocarbonyl (C=S) groups is 1. The summed E-state index contributed by atoms with van der Waals surface area (Å²) in [6, 6.07) is 0.615. The van der Waals surface area contributed by atoms with Crippen LogP contribution in [0.3, 0.4) is 0 Å². The zero-order valence-electron chi connectivity index (χ0n) is 14.8. The van der Waals surface area contributed by atoms with Gasteiger partial charge in [0.1, 0.15) is 0 Å². The van der Waals surface area contributed by atoms with E-state index < -0.39 is 0 Å². The van der Waals surface area contributed by atoms with Crippen molar-refractivity contribution in [1.82, 2.24) is 20.9 Å². The van der Waals surface area contributed by atoms with E-state index in [0.29, 0.717) is 6.04 Å². The Hall–Kier alpha value is -1.08. The Morgan fingerprint density at radius 1 is 1.08 bits per heavy atom. The molecule has 1 saturated carbocycles. The summed E-state index contributed by atoms with van der Waals surface area (Å²) in [7, 11) is 1.71. The molecule has 0 aromatic heterocycles. The minimum absolute atomic E-state index is 0.000571. The van der Waals surface area contributed by atoms with Gasteiger partial charge in [0.2, 0.25) is 0 Å². The van der Waals surface area contributed by atoms with Crippen molar-refractivity contribution >= 4 is 23.4 Å². The highest BCUT2D eigenvalue weighted by Gasteiger charge is 2.23. The summed E-state index contributed by atoms with van der Waals surface area (Å²) in [6.07, 6.45) is 8.85. The molecule has 0 aromatic carbocycles. The van der Waals surface area contributed by atoms with E-state index in [1.54, 1.807) is 7.11 Å². The van der Waals surface area contributed by atoms with Crippen LogP contribution in [0.25, 0.3) is 0 Å². The molecule has 1 saturated heterocycles. The summed E-state index contributed by atoms with van der Waals surface area (Å²) in [5, 5.41) is 10.3. The molecule has 0 spiro atoms. The highest BCUT2D eigenvalue weighted by Crippen LogP contribution is 2.17. The quantitative estimate of drug-likeness (QED) is 0.502. The van der Waals surface area contributed by atoms with Gasteiger partial charge >= 0.3 is 6.03 Å². The Labute approximate surface area is 151 Å². The number of nitrogens with one attached hydrogen (secondary N) is 3. The van der Waals surface area contributed by atoms with Crippen molar-refractivity contribution in [2.24, 2.45) is 0 Å². The topological polar surface area (TPSA) is 65.6 Å². The summed E-state index contributed by atoms with van der Waals surface area (Å²) in [5.74, 6) is 0. The average Bonchev–Trinajstić information content (AvgIpc) is 2.60. The van der Waals surface area contributed by atoms with Crippen LogP contribution in [-0.4, -0.2) is 61.5 Å². The third kappa shape index (κ3) is 6.81. The Bertz CT molecular complexity index is 394. The molecule has 24 heavy (non-hydrogen) atoms. The van der Waals surface area contributed by atoms with E-state index in [2.05, 4.69) is 20.9 Å². The van der Waals surface area contributed by atoms with E-state index in [1.165, 1.54) is 19.3 Å². The van der Waals surface area contributed by atoms with Crippen molar-refractivity contribution in [3.8, 4) is 0 Å². The first kappa shape index (κ1) is 19.2. The fraction of sp³-hybridized carbons (Fsp3) is 0.882. The van der Waals surface area contributed by atoms with Crippen LogP contribution >= 0.6 is 12.2 Å². The smallest absolute Gasteiger partial charge is 0.315 e. The van der Waals surface area contributed by atoms with Gasteiger partial charge in [-0.1, -0.05) is 19.3 Å². The SMILES string of the molecule is COCCCNC(=S)N1CCC(NC(=O)NC2CCCCC2)CC1. The second-order valence-corrected chi connectivity index (χ2v) is 7.18. The summed E-state index contributed by atoms with van der Waals surface area (Å²) >= 11 is 5.43. The van der Waals surface area contributed by atoms with E-state index >= 15 is 0 Å². The molecule has 1 aliphatic carbocycles. The maximum atomic E-state index is 12.1. The largest absolute Gasteiger partial charge is 0.385 e. The van der Waals surface area contributed by atoms with Crippen LogP contribution in [0.15, 0.2) is 0 Å². The van der Waals surface area contributed by atoms with Crippen molar-refractivity contribution in [2.75, 3.05) is 33.4 Å². The minimum atomic E-state index is 0.000571. The van der Waals surface area contributed by atoms with Gasteiger partial charge in [0, 0.05) is 45.4 Å². The lowest BCUT2D eigenvalue weighted by molar-refractivity contribution is 0.195. The lowest BCUT2D eigenvalue weighted by atomic mass is 9.96. The molecule has 2 aliphatic rings. The fourth-order valence-electron chi connectivity index (χ4n) is 3.41. The molecule has 138 valence electrons. The van der Waals surface area contributed by atoms with Crippen LogP contribution in [-0.2, 0) is 4.74 Å². The Morgan fingerprint density at radius 3 is 2.33 bits per heavy atom. The molecule has 0 unspecified atom stereocenters. The van der Waals surface area contributed by atoms with Crippen molar-refractivity contribution in [3.63, 3.8) is 0 Å².